The molecule has 0 aliphatic heterocycles. The van der Waals surface area contributed by atoms with E-state index < -0.39 is 0 Å². The summed E-state index contributed by atoms with van der Waals surface area (Å²) in [4.78, 5) is 0. The first-order chi connectivity index (χ1) is 18.3. The van der Waals surface area contributed by atoms with Gasteiger partial charge in [-0.3, -0.25) is 0 Å². The van der Waals surface area contributed by atoms with Crippen LogP contribution in [-0.4, -0.2) is 6.10 Å². The molecule has 206 valence electrons. The Bertz CT molecular complexity index is 1160. The normalized spacial score (nSPS) is 37.3. The molecule has 0 aromatic heterocycles. The van der Waals surface area contributed by atoms with Crippen LogP contribution >= 0.6 is 0 Å². The third kappa shape index (κ3) is 4.65. The Labute approximate surface area is 232 Å². The summed E-state index contributed by atoms with van der Waals surface area (Å²) in [7, 11) is 0. The fourth-order valence-corrected chi connectivity index (χ4v) is 10.2. The lowest BCUT2D eigenvalue weighted by molar-refractivity contribution is -0.0559. The predicted octanol–water partition coefficient (Wildman–Crippen LogP) is 10.6. The van der Waals surface area contributed by atoms with Crippen LogP contribution in [0.1, 0.15) is 105 Å². The summed E-state index contributed by atoms with van der Waals surface area (Å²) in [6.45, 7) is 12.7. The molecule has 3 fully saturated rings. The van der Waals surface area contributed by atoms with Crippen molar-refractivity contribution in [3.8, 4) is 5.75 Å². The van der Waals surface area contributed by atoms with Gasteiger partial charge in [-0.05, 0) is 114 Å². The topological polar surface area (TPSA) is 9.23 Å². The van der Waals surface area contributed by atoms with Gasteiger partial charge in [0.1, 0.15) is 11.9 Å². The van der Waals surface area contributed by atoms with Gasteiger partial charge in [0.15, 0.2) is 0 Å². The molecule has 2 aromatic rings. The number of rotatable bonds is 7. The van der Waals surface area contributed by atoms with E-state index in [1.807, 2.05) is 0 Å². The van der Waals surface area contributed by atoms with Crippen LogP contribution in [0.4, 0.5) is 0 Å². The van der Waals surface area contributed by atoms with E-state index in [4.69, 9.17) is 4.74 Å². The van der Waals surface area contributed by atoms with Crippen LogP contribution in [0, 0.1) is 46.3 Å². The maximum atomic E-state index is 6.63. The quantitative estimate of drug-likeness (QED) is 0.335. The summed E-state index contributed by atoms with van der Waals surface area (Å²) in [5, 5.41) is 2.57. The molecule has 1 nitrogen and oxygen atoms in total. The van der Waals surface area contributed by atoms with Crippen molar-refractivity contribution in [1.29, 1.82) is 0 Å². The molecule has 0 amide bonds. The highest BCUT2D eigenvalue weighted by atomic mass is 16.5. The molecule has 8 atom stereocenters. The second kappa shape index (κ2) is 10.3. The molecule has 0 bridgehead atoms. The summed E-state index contributed by atoms with van der Waals surface area (Å²) in [5.41, 5.74) is 2.71. The van der Waals surface area contributed by atoms with E-state index in [1.165, 1.54) is 75.0 Å². The Morgan fingerprint density at radius 2 is 1.68 bits per heavy atom. The van der Waals surface area contributed by atoms with Crippen LogP contribution in [-0.2, 0) is 0 Å². The molecule has 6 rings (SSSR count). The molecule has 2 aromatic carbocycles. The smallest absolute Gasteiger partial charge is 0.120 e. The van der Waals surface area contributed by atoms with Crippen LogP contribution in [0.25, 0.3) is 10.8 Å². The van der Waals surface area contributed by atoms with Crippen LogP contribution in [0.2, 0.25) is 0 Å². The highest BCUT2D eigenvalue weighted by Crippen LogP contribution is 2.67. The number of allylic oxidation sites excluding steroid dienone is 1. The number of benzene rings is 2. The summed E-state index contributed by atoms with van der Waals surface area (Å²) in [5.74, 6) is 6.48. The van der Waals surface area contributed by atoms with Gasteiger partial charge in [0, 0.05) is 6.42 Å². The summed E-state index contributed by atoms with van der Waals surface area (Å²) in [6.07, 6.45) is 18.2. The minimum Gasteiger partial charge on any atom is -0.490 e. The average molecular weight is 513 g/mol. The van der Waals surface area contributed by atoms with Gasteiger partial charge in [0.05, 0.1) is 0 Å². The van der Waals surface area contributed by atoms with Gasteiger partial charge in [-0.1, -0.05) is 95.9 Å². The first kappa shape index (κ1) is 26.5. The van der Waals surface area contributed by atoms with E-state index >= 15 is 0 Å². The molecule has 0 spiro atoms. The molecule has 3 saturated carbocycles. The van der Waals surface area contributed by atoms with Crippen molar-refractivity contribution in [2.24, 2.45) is 46.3 Å². The molecular weight excluding hydrogens is 460 g/mol. The molecule has 0 unspecified atom stereocenters. The molecule has 0 N–H and O–H groups in total. The van der Waals surface area contributed by atoms with Crippen molar-refractivity contribution < 1.29 is 4.74 Å². The van der Waals surface area contributed by atoms with Crippen LogP contribution in [0.3, 0.4) is 0 Å². The number of fused-ring (bicyclic) bond motifs is 6. The molecule has 4 aliphatic carbocycles. The van der Waals surface area contributed by atoms with Crippen molar-refractivity contribution in [3.63, 3.8) is 0 Å². The minimum atomic E-state index is 0.323. The van der Waals surface area contributed by atoms with E-state index in [0.717, 1.165) is 47.7 Å². The third-order valence-electron chi connectivity index (χ3n) is 12.3. The second-order valence-corrected chi connectivity index (χ2v) is 14.8. The molecule has 0 radical (unpaired) electrons. The average Bonchev–Trinajstić information content (AvgIpc) is 3.26. The molecule has 0 heterocycles. The maximum Gasteiger partial charge on any atom is 0.120 e. The lowest BCUT2D eigenvalue weighted by Gasteiger charge is -2.58. The second-order valence-electron chi connectivity index (χ2n) is 14.8. The van der Waals surface area contributed by atoms with E-state index in [-0.39, 0.29) is 0 Å². The standard InChI is InChI=1S/C37H52O/c1-25(2)9-8-10-26(3)33-17-18-34-32-16-14-29-24-31(19-21-36(29,4)35(32)20-22-37(33,34)5)38-30-15-13-27-11-6-7-12-28(27)23-30/h6-7,11-15,23,25-26,31-35H,8-10,16-22,24H2,1-5H3/t26-,31+,32+,33-,34+,35+,36+,37-/m1/s1. The summed E-state index contributed by atoms with van der Waals surface area (Å²) < 4.78 is 6.63. The summed E-state index contributed by atoms with van der Waals surface area (Å²) >= 11 is 0. The Morgan fingerprint density at radius 3 is 2.50 bits per heavy atom. The van der Waals surface area contributed by atoms with Crippen LogP contribution in [0.15, 0.2) is 54.1 Å². The number of ether oxygens (including phenoxy) is 1. The van der Waals surface area contributed by atoms with Gasteiger partial charge < -0.3 is 4.74 Å². The van der Waals surface area contributed by atoms with E-state index in [0.29, 0.717) is 16.9 Å². The SMILES string of the molecule is CC(C)CCC[C@@H](C)[C@H]1CC[C@H]2[C@@H]3CC=C4C[C@@H](Oc5ccc6ccccc6c5)CC[C@]4(C)[C@H]3CC[C@]12C. The monoisotopic (exact) mass is 512 g/mol. The van der Waals surface area contributed by atoms with Gasteiger partial charge >= 0.3 is 0 Å². The zero-order valence-corrected chi connectivity index (χ0v) is 24.8. The fraction of sp³-hybridized carbons (Fsp3) is 0.676. The molecule has 0 saturated heterocycles. The van der Waals surface area contributed by atoms with Crippen molar-refractivity contribution in [2.75, 3.05) is 0 Å². The minimum absolute atomic E-state index is 0.323. The first-order valence-corrected chi connectivity index (χ1v) is 16.1. The maximum absolute atomic E-state index is 6.63. The fourth-order valence-electron chi connectivity index (χ4n) is 10.2. The predicted molar refractivity (Wildman–Crippen MR) is 161 cm³/mol. The Balaban J connectivity index is 1.14. The van der Waals surface area contributed by atoms with E-state index in [1.54, 1.807) is 5.57 Å². The highest BCUT2D eigenvalue weighted by Gasteiger charge is 2.59. The third-order valence-corrected chi connectivity index (χ3v) is 12.3. The Kier molecular flexibility index (Phi) is 7.19. The highest BCUT2D eigenvalue weighted by molar-refractivity contribution is 5.83. The molecule has 38 heavy (non-hydrogen) atoms. The van der Waals surface area contributed by atoms with Gasteiger partial charge in [0.25, 0.3) is 0 Å². The molecular formula is C37H52O. The summed E-state index contributed by atoms with van der Waals surface area (Å²) in [6, 6.07) is 15.2. The van der Waals surface area contributed by atoms with Gasteiger partial charge in [-0.15, -0.1) is 0 Å². The molecule has 4 aliphatic rings. The zero-order chi connectivity index (χ0) is 26.5. The van der Waals surface area contributed by atoms with Crippen molar-refractivity contribution in [2.45, 2.75) is 111 Å². The lowest BCUT2D eigenvalue weighted by atomic mass is 9.47. The van der Waals surface area contributed by atoms with E-state index in [9.17, 15) is 0 Å². The first-order valence-electron chi connectivity index (χ1n) is 16.1. The van der Waals surface area contributed by atoms with Crippen molar-refractivity contribution >= 4 is 10.8 Å². The Hall–Kier alpha value is -1.76. The Morgan fingerprint density at radius 1 is 0.868 bits per heavy atom. The largest absolute Gasteiger partial charge is 0.490 e. The van der Waals surface area contributed by atoms with Gasteiger partial charge in [-0.2, -0.15) is 0 Å². The zero-order valence-electron chi connectivity index (χ0n) is 24.8. The van der Waals surface area contributed by atoms with Crippen molar-refractivity contribution in [3.05, 3.63) is 54.1 Å². The van der Waals surface area contributed by atoms with E-state index in [2.05, 4.69) is 83.2 Å². The molecule has 1 heteroatoms. The van der Waals surface area contributed by atoms with Crippen LogP contribution in [0.5, 0.6) is 5.75 Å². The lowest BCUT2D eigenvalue weighted by Crippen LogP contribution is -2.51. The van der Waals surface area contributed by atoms with Crippen molar-refractivity contribution in [1.82, 2.24) is 0 Å². The van der Waals surface area contributed by atoms with Gasteiger partial charge in [0.2, 0.25) is 0 Å². The number of hydrogen-bond acceptors (Lipinski definition) is 1. The number of hydrogen-bond donors (Lipinski definition) is 0. The van der Waals surface area contributed by atoms with Gasteiger partial charge in [-0.25, -0.2) is 0 Å². The van der Waals surface area contributed by atoms with Crippen LogP contribution < -0.4 is 4.74 Å².